The monoisotopic (exact) mass is 546 g/mol. The largest absolute Gasteiger partial charge is 0.371 e. The Morgan fingerprint density at radius 1 is 0.872 bits per heavy atom. The first-order valence-corrected chi connectivity index (χ1v) is 15.0. The number of hydrogen-bond acceptors (Lipinski definition) is 6. The van der Waals surface area contributed by atoms with Crippen LogP contribution in [0.2, 0.25) is 5.02 Å². The summed E-state index contributed by atoms with van der Waals surface area (Å²) < 4.78 is 0. The molecule has 0 bridgehead atoms. The Morgan fingerprint density at radius 3 is 2.15 bits per heavy atom. The lowest BCUT2D eigenvalue weighted by Crippen LogP contribution is -2.53. The minimum absolute atomic E-state index is 0.165. The van der Waals surface area contributed by atoms with Crippen LogP contribution in [0, 0.1) is 16.7 Å². The van der Waals surface area contributed by atoms with Crippen LogP contribution in [0.4, 0.5) is 11.4 Å². The number of halogens is 1. The zero-order valence-electron chi connectivity index (χ0n) is 22.7. The predicted molar refractivity (Wildman–Crippen MR) is 157 cm³/mol. The molecule has 2 aromatic carbocycles. The Labute approximate surface area is 237 Å². The zero-order chi connectivity index (χ0) is 26.8. The highest BCUT2D eigenvalue weighted by molar-refractivity contribution is 6.32. The number of rotatable bonds is 4. The van der Waals surface area contributed by atoms with E-state index >= 15 is 0 Å². The van der Waals surface area contributed by atoms with E-state index in [9.17, 15) is 4.79 Å². The van der Waals surface area contributed by atoms with Gasteiger partial charge in [-0.05, 0) is 93.1 Å². The Bertz CT molecular complexity index is 1200. The summed E-state index contributed by atoms with van der Waals surface area (Å²) in [6, 6.07) is 16.9. The van der Waals surface area contributed by atoms with E-state index < -0.39 is 0 Å². The van der Waals surface area contributed by atoms with Gasteiger partial charge in [-0.2, -0.15) is 5.26 Å². The molecule has 8 heteroatoms. The van der Waals surface area contributed by atoms with Gasteiger partial charge in [0.25, 0.3) is 5.91 Å². The van der Waals surface area contributed by atoms with Gasteiger partial charge in [0, 0.05) is 75.3 Å². The Balaban J connectivity index is 1.00. The van der Waals surface area contributed by atoms with E-state index in [0.717, 1.165) is 89.5 Å². The summed E-state index contributed by atoms with van der Waals surface area (Å²) in [6.45, 7) is 9.99. The molecule has 0 aromatic heterocycles. The average molecular weight is 547 g/mol. The maximum atomic E-state index is 13.2. The van der Waals surface area contributed by atoms with E-state index in [2.05, 4.69) is 38.2 Å². The number of anilines is 2. The first-order valence-electron chi connectivity index (χ1n) is 14.6. The standard InChI is InChI=1S/C31H39ClN6O/c32-29-21-28(6-3-25(29)22-33)38-16-11-31(23-38)9-14-35(15-10-31)26-4-1-24(2-5-26)30(39)37-19-17-36(18-20-37)27-7-12-34-13-8-27/h1-6,21,27,34H,7-20,23H2. The molecule has 1 spiro atoms. The SMILES string of the molecule is N#Cc1ccc(N2CCC3(CCN(c4ccc(C(=O)N5CCN(C6CCNCC6)CC5)cc4)CC3)C2)cc1Cl. The number of piperidine rings is 2. The summed E-state index contributed by atoms with van der Waals surface area (Å²) >= 11 is 6.30. The fraction of sp³-hybridized carbons (Fsp3) is 0.548. The molecule has 0 unspecified atom stereocenters. The Kier molecular flexibility index (Phi) is 7.70. The number of carbonyl (C=O) groups excluding carboxylic acids is 1. The van der Waals surface area contributed by atoms with E-state index in [1.54, 1.807) is 0 Å². The normalized spacial score (nSPS) is 22.3. The van der Waals surface area contributed by atoms with Crippen LogP contribution in [0.15, 0.2) is 42.5 Å². The van der Waals surface area contributed by atoms with Crippen molar-refractivity contribution in [1.29, 1.82) is 5.26 Å². The molecular weight excluding hydrogens is 508 g/mol. The molecule has 2 aromatic rings. The summed E-state index contributed by atoms with van der Waals surface area (Å²) in [4.78, 5) is 22.7. The van der Waals surface area contributed by atoms with E-state index in [0.29, 0.717) is 22.0 Å². The van der Waals surface area contributed by atoms with Crippen LogP contribution in [-0.4, -0.2) is 87.2 Å². The summed E-state index contributed by atoms with van der Waals surface area (Å²) in [5.41, 5.74) is 4.00. The van der Waals surface area contributed by atoms with Crippen LogP contribution in [-0.2, 0) is 0 Å². The highest BCUT2D eigenvalue weighted by atomic mass is 35.5. The number of piperazine rings is 1. The number of nitriles is 1. The van der Waals surface area contributed by atoms with Gasteiger partial charge in [-0.15, -0.1) is 0 Å². The van der Waals surface area contributed by atoms with Crippen LogP contribution >= 0.6 is 11.6 Å². The maximum absolute atomic E-state index is 13.2. The average Bonchev–Trinajstić information content (AvgIpc) is 3.41. The molecule has 4 aliphatic rings. The molecule has 0 radical (unpaired) electrons. The van der Waals surface area contributed by atoms with Gasteiger partial charge in [-0.25, -0.2) is 0 Å². The van der Waals surface area contributed by atoms with Gasteiger partial charge in [0.2, 0.25) is 0 Å². The summed E-state index contributed by atoms with van der Waals surface area (Å²) in [7, 11) is 0. The third-order valence-corrected chi connectivity index (χ3v) is 9.92. The highest BCUT2D eigenvalue weighted by Gasteiger charge is 2.41. The summed E-state index contributed by atoms with van der Waals surface area (Å²) in [6.07, 6.45) is 5.95. The number of hydrogen-bond donors (Lipinski definition) is 1. The molecule has 206 valence electrons. The zero-order valence-corrected chi connectivity index (χ0v) is 23.5. The molecular formula is C31H39ClN6O. The third kappa shape index (κ3) is 5.61. The van der Waals surface area contributed by atoms with Crippen LogP contribution in [0.1, 0.15) is 48.0 Å². The van der Waals surface area contributed by atoms with Crippen molar-refractivity contribution in [2.45, 2.75) is 38.1 Å². The first kappa shape index (κ1) is 26.4. The molecule has 0 aliphatic carbocycles. The van der Waals surface area contributed by atoms with Crippen molar-refractivity contribution in [2.24, 2.45) is 5.41 Å². The van der Waals surface area contributed by atoms with Crippen LogP contribution < -0.4 is 15.1 Å². The fourth-order valence-electron chi connectivity index (χ4n) is 7.05. The molecule has 0 saturated carbocycles. The molecule has 1 N–H and O–H groups in total. The lowest BCUT2D eigenvalue weighted by molar-refractivity contribution is 0.0532. The molecule has 1 amide bonds. The van der Waals surface area contributed by atoms with Crippen molar-refractivity contribution in [1.82, 2.24) is 15.1 Å². The quantitative estimate of drug-likeness (QED) is 0.619. The van der Waals surface area contributed by atoms with Crippen molar-refractivity contribution in [2.75, 3.05) is 75.2 Å². The van der Waals surface area contributed by atoms with E-state index in [-0.39, 0.29) is 5.91 Å². The second kappa shape index (κ2) is 11.4. The minimum Gasteiger partial charge on any atom is -0.371 e. The van der Waals surface area contributed by atoms with Gasteiger partial charge in [0.05, 0.1) is 10.6 Å². The minimum atomic E-state index is 0.165. The molecule has 7 nitrogen and oxygen atoms in total. The number of nitrogens with zero attached hydrogens (tertiary/aromatic N) is 5. The Morgan fingerprint density at radius 2 is 1.51 bits per heavy atom. The van der Waals surface area contributed by atoms with Gasteiger partial charge >= 0.3 is 0 Å². The van der Waals surface area contributed by atoms with Gasteiger partial charge in [-0.1, -0.05) is 11.6 Å². The lowest BCUT2D eigenvalue weighted by atomic mass is 9.77. The van der Waals surface area contributed by atoms with Crippen molar-refractivity contribution in [3.05, 3.63) is 58.6 Å². The number of carbonyl (C=O) groups is 1. The van der Waals surface area contributed by atoms with E-state index in [1.807, 2.05) is 35.2 Å². The maximum Gasteiger partial charge on any atom is 0.253 e. The van der Waals surface area contributed by atoms with Gasteiger partial charge in [0.15, 0.2) is 0 Å². The third-order valence-electron chi connectivity index (χ3n) is 9.61. The lowest BCUT2D eigenvalue weighted by Gasteiger charge is -2.41. The topological polar surface area (TPSA) is 65.9 Å². The van der Waals surface area contributed by atoms with Gasteiger partial charge in [0.1, 0.15) is 6.07 Å². The van der Waals surface area contributed by atoms with Crippen molar-refractivity contribution in [3.63, 3.8) is 0 Å². The number of benzene rings is 2. The van der Waals surface area contributed by atoms with Crippen LogP contribution in [0.3, 0.4) is 0 Å². The first-order chi connectivity index (χ1) is 19.0. The molecule has 4 heterocycles. The van der Waals surface area contributed by atoms with Gasteiger partial charge < -0.3 is 20.0 Å². The molecule has 39 heavy (non-hydrogen) atoms. The summed E-state index contributed by atoms with van der Waals surface area (Å²) in [5.74, 6) is 0.165. The van der Waals surface area contributed by atoms with Crippen molar-refractivity contribution >= 4 is 28.9 Å². The van der Waals surface area contributed by atoms with Crippen molar-refractivity contribution in [3.8, 4) is 6.07 Å². The fourth-order valence-corrected chi connectivity index (χ4v) is 7.27. The molecule has 4 saturated heterocycles. The second-order valence-corrected chi connectivity index (χ2v) is 12.2. The van der Waals surface area contributed by atoms with E-state index in [1.165, 1.54) is 24.9 Å². The van der Waals surface area contributed by atoms with Crippen LogP contribution in [0.5, 0.6) is 0 Å². The van der Waals surface area contributed by atoms with Crippen LogP contribution in [0.25, 0.3) is 0 Å². The molecule has 4 fully saturated rings. The molecule has 4 aliphatic heterocycles. The Hall–Kier alpha value is -2.79. The second-order valence-electron chi connectivity index (χ2n) is 11.8. The van der Waals surface area contributed by atoms with E-state index in [4.69, 9.17) is 16.9 Å². The number of amides is 1. The molecule has 6 rings (SSSR count). The summed E-state index contributed by atoms with van der Waals surface area (Å²) in [5, 5.41) is 13.2. The number of nitrogens with one attached hydrogen (secondary N) is 1. The smallest absolute Gasteiger partial charge is 0.253 e. The highest BCUT2D eigenvalue weighted by Crippen LogP contribution is 2.43. The molecule has 0 atom stereocenters. The van der Waals surface area contributed by atoms with Crippen molar-refractivity contribution < 1.29 is 4.79 Å². The predicted octanol–water partition coefficient (Wildman–Crippen LogP) is 4.22. The van der Waals surface area contributed by atoms with Gasteiger partial charge in [-0.3, -0.25) is 9.69 Å².